The van der Waals surface area contributed by atoms with Crippen LogP contribution in [0.1, 0.15) is 29.3 Å². The molecule has 0 atom stereocenters. The Balaban J connectivity index is 1.32. The Morgan fingerprint density at radius 1 is 1.13 bits per heavy atom. The second-order valence-corrected chi connectivity index (χ2v) is 7.85. The maximum atomic E-state index is 12.1. The molecule has 0 bridgehead atoms. The lowest BCUT2D eigenvalue weighted by Crippen LogP contribution is -2.11. The number of aromatic amines is 1. The molecule has 0 saturated carbocycles. The van der Waals surface area contributed by atoms with Crippen LogP contribution >= 0.6 is 11.8 Å². The van der Waals surface area contributed by atoms with Crippen molar-refractivity contribution in [1.82, 2.24) is 20.2 Å². The molecule has 2 aromatic carbocycles. The van der Waals surface area contributed by atoms with E-state index in [0.29, 0.717) is 40.0 Å². The number of para-hydroxylation sites is 1. The van der Waals surface area contributed by atoms with Gasteiger partial charge in [0.25, 0.3) is 10.8 Å². The molecule has 154 valence electrons. The quantitative estimate of drug-likeness (QED) is 0.427. The molecule has 0 unspecified atom stereocenters. The lowest BCUT2D eigenvalue weighted by Gasteiger charge is -2.07. The van der Waals surface area contributed by atoms with Crippen molar-refractivity contribution < 1.29 is 9.15 Å². The zero-order valence-electron chi connectivity index (χ0n) is 16.8. The van der Waals surface area contributed by atoms with Gasteiger partial charge in [0.1, 0.15) is 11.6 Å². The number of fused-ring (bicyclic) bond motifs is 1. The maximum Gasteiger partial charge on any atom is 0.277 e. The first kappa shape index (κ1) is 20.2. The van der Waals surface area contributed by atoms with Gasteiger partial charge in [-0.15, -0.1) is 10.2 Å². The first-order valence-corrected chi connectivity index (χ1v) is 10.7. The number of nitrogens with zero attached hydrogens (tertiary/aromatic N) is 3. The van der Waals surface area contributed by atoms with E-state index in [2.05, 4.69) is 33.2 Å². The van der Waals surface area contributed by atoms with E-state index in [9.17, 15) is 4.79 Å². The Labute approximate surface area is 177 Å². The van der Waals surface area contributed by atoms with Crippen LogP contribution in [-0.4, -0.2) is 27.3 Å². The van der Waals surface area contributed by atoms with Crippen LogP contribution < -0.4 is 10.3 Å². The average molecular weight is 423 g/mol. The highest BCUT2D eigenvalue weighted by Crippen LogP contribution is 2.22. The van der Waals surface area contributed by atoms with Gasteiger partial charge < -0.3 is 14.1 Å². The second-order valence-electron chi connectivity index (χ2n) is 6.93. The fourth-order valence-corrected chi connectivity index (χ4v) is 3.89. The Hall–Kier alpha value is -3.13. The Morgan fingerprint density at radius 3 is 2.83 bits per heavy atom. The standard InChI is InChI=1S/C22H22N4O3S/c1-14-12-16(28-2)11-10-15(14)6-5-9-20-25-26-22(29-20)30-13-19-23-18-8-4-3-7-17(18)21(27)24-19/h3-4,7-8,10-12H,5-6,9,13H2,1-2H3,(H,23,24,27). The molecule has 4 rings (SSSR count). The number of H-pyrrole nitrogens is 1. The fraction of sp³-hybridized carbons (Fsp3) is 0.273. The summed E-state index contributed by atoms with van der Waals surface area (Å²) in [6.45, 7) is 2.09. The van der Waals surface area contributed by atoms with E-state index in [1.54, 1.807) is 13.2 Å². The van der Waals surface area contributed by atoms with E-state index >= 15 is 0 Å². The minimum Gasteiger partial charge on any atom is -0.497 e. The summed E-state index contributed by atoms with van der Waals surface area (Å²) in [5, 5.41) is 9.27. The number of aromatic nitrogens is 4. The molecular weight excluding hydrogens is 400 g/mol. The van der Waals surface area contributed by atoms with E-state index in [1.807, 2.05) is 30.3 Å². The van der Waals surface area contributed by atoms with Crippen molar-refractivity contribution in [3.8, 4) is 5.75 Å². The van der Waals surface area contributed by atoms with E-state index in [-0.39, 0.29) is 5.56 Å². The molecule has 30 heavy (non-hydrogen) atoms. The van der Waals surface area contributed by atoms with Gasteiger partial charge in [-0.1, -0.05) is 30.0 Å². The molecule has 0 aliphatic heterocycles. The monoisotopic (exact) mass is 422 g/mol. The summed E-state index contributed by atoms with van der Waals surface area (Å²) >= 11 is 1.36. The number of rotatable bonds is 8. The molecule has 2 aromatic heterocycles. The molecule has 0 radical (unpaired) electrons. The molecule has 0 saturated heterocycles. The summed E-state index contributed by atoms with van der Waals surface area (Å²) in [6.07, 6.45) is 2.56. The summed E-state index contributed by atoms with van der Waals surface area (Å²) in [5.41, 5.74) is 3.04. The highest BCUT2D eigenvalue weighted by molar-refractivity contribution is 7.98. The highest BCUT2D eigenvalue weighted by atomic mass is 32.2. The molecule has 0 fully saturated rings. The van der Waals surface area contributed by atoms with E-state index in [0.717, 1.165) is 18.6 Å². The number of nitrogens with one attached hydrogen (secondary N) is 1. The van der Waals surface area contributed by atoms with Gasteiger partial charge in [-0.05, 0) is 55.2 Å². The van der Waals surface area contributed by atoms with E-state index in [4.69, 9.17) is 9.15 Å². The van der Waals surface area contributed by atoms with Crippen LogP contribution in [0.2, 0.25) is 0 Å². The molecule has 0 aliphatic carbocycles. The smallest absolute Gasteiger partial charge is 0.277 e. The molecule has 0 spiro atoms. The molecule has 4 aromatic rings. The van der Waals surface area contributed by atoms with Gasteiger partial charge in [0.2, 0.25) is 5.89 Å². The zero-order chi connectivity index (χ0) is 20.9. The van der Waals surface area contributed by atoms with Crippen molar-refractivity contribution in [3.63, 3.8) is 0 Å². The van der Waals surface area contributed by atoms with Gasteiger partial charge in [-0.2, -0.15) is 0 Å². The SMILES string of the molecule is COc1ccc(CCCc2nnc(SCc3nc4ccccc4c(=O)[nH]3)o2)c(C)c1. The number of hydrogen-bond acceptors (Lipinski definition) is 7. The summed E-state index contributed by atoms with van der Waals surface area (Å²) in [4.78, 5) is 19.4. The molecule has 0 aliphatic rings. The Kier molecular flexibility index (Phi) is 6.13. The largest absolute Gasteiger partial charge is 0.497 e. The van der Waals surface area contributed by atoms with Crippen molar-refractivity contribution >= 4 is 22.7 Å². The number of hydrogen-bond donors (Lipinski definition) is 1. The van der Waals surface area contributed by atoms with Crippen LogP contribution in [0, 0.1) is 6.92 Å². The molecule has 7 nitrogen and oxygen atoms in total. The van der Waals surface area contributed by atoms with Crippen LogP contribution in [0.5, 0.6) is 5.75 Å². The van der Waals surface area contributed by atoms with Crippen molar-refractivity contribution in [2.24, 2.45) is 0 Å². The summed E-state index contributed by atoms with van der Waals surface area (Å²) < 4.78 is 11.0. The van der Waals surface area contributed by atoms with Gasteiger partial charge in [-0.3, -0.25) is 4.79 Å². The minimum absolute atomic E-state index is 0.142. The molecular formula is C22H22N4O3S. The predicted octanol–water partition coefficient (Wildman–Crippen LogP) is 4.09. The van der Waals surface area contributed by atoms with Crippen LogP contribution in [0.4, 0.5) is 0 Å². The Bertz CT molecular complexity index is 1220. The van der Waals surface area contributed by atoms with E-state index in [1.165, 1.54) is 22.9 Å². The molecule has 8 heteroatoms. The number of aryl methyl sites for hydroxylation is 3. The van der Waals surface area contributed by atoms with Gasteiger partial charge >= 0.3 is 0 Å². The summed E-state index contributed by atoms with van der Waals surface area (Å²) in [6, 6.07) is 13.4. The van der Waals surface area contributed by atoms with Crippen LogP contribution in [0.15, 0.2) is 56.9 Å². The maximum absolute atomic E-state index is 12.1. The van der Waals surface area contributed by atoms with Crippen molar-refractivity contribution in [2.75, 3.05) is 7.11 Å². The third kappa shape index (κ3) is 4.71. The summed E-state index contributed by atoms with van der Waals surface area (Å²) in [7, 11) is 1.67. The highest BCUT2D eigenvalue weighted by Gasteiger charge is 2.10. The zero-order valence-corrected chi connectivity index (χ0v) is 17.7. The van der Waals surface area contributed by atoms with Crippen molar-refractivity contribution in [2.45, 2.75) is 37.2 Å². The van der Waals surface area contributed by atoms with Gasteiger partial charge in [0.05, 0.1) is 23.8 Å². The van der Waals surface area contributed by atoms with Gasteiger partial charge in [0, 0.05) is 6.42 Å². The lowest BCUT2D eigenvalue weighted by atomic mass is 10.0. The topological polar surface area (TPSA) is 93.9 Å². The molecule has 1 N–H and O–H groups in total. The van der Waals surface area contributed by atoms with Crippen LogP contribution in [0.25, 0.3) is 10.9 Å². The normalized spacial score (nSPS) is 11.1. The van der Waals surface area contributed by atoms with E-state index < -0.39 is 0 Å². The third-order valence-electron chi connectivity index (χ3n) is 4.83. The van der Waals surface area contributed by atoms with Gasteiger partial charge in [0.15, 0.2) is 0 Å². The Morgan fingerprint density at radius 2 is 2.00 bits per heavy atom. The minimum atomic E-state index is -0.142. The summed E-state index contributed by atoms with van der Waals surface area (Å²) in [5.74, 6) is 2.52. The third-order valence-corrected chi connectivity index (χ3v) is 5.66. The lowest BCUT2D eigenvalue weighted by molar-refractivity contribution is 0.409. The van der Waals surface area contributed by atoms with Gasteiger partial charge in [-0.25, -0.2) is 4.98 Å². The molecule has 2 heterocycles. The number of benzene rings is 2. The van der Waals surface area contributed by atoms with Crippen molar-refractivity contribution in [1.29, 1.82) is 0 Å². The fourth-order valence-electron chi connectivity index (χ4n) is 3.24. The first-order valence-electron chi connectivity index (χ1n) is 9.69. The number of ether oxygens (including phenoxy) is 1. The second kappa shape index (κ2) is 9.13. The van der Waals surface area contributed by atoms with Crippen LogP contribution in [0.3, 0.4) is 0 Å². The first-order chi connectivity index (χ1) is 14.6. The van der Waals surface area contributed by atoms with Crippen LogP contribution in [-0.2, 0) is 18.6 Å². The predicted molar refractivity (Wildman–Crippen MR) is 116 cm³/mol. The van der Waals surface area contributed by atoms with Crippen molar-refractivity contribution in [3.05, 3.63) is 75.7 Å². The number of thioether (sulfide) groups is 1. The average Bonchev–Trinajstić information content (AvgIpc) is 3.21. The number of methoxy groups -OCH3 is 1. The molecule has 0 amide bonds.